The zero-order valence-electron chi connectivity index (χ0n) is 11.9. The molecule has 2 rings (SSSR count). The van der Waals surface area contributed by atoms with E-state index in [1.54, 1.807) is 0 Å². The van der Waals surface area contributed by atoms with E-state index < -0.39 is 0 Å². The molecule has 2 heterocycles. The van der Waals surface area contributed by atoms with Crippen molar-refractivity contribution in [3.05, 3.63) is 27.0 Å². The molecule has 0 aliphatic carbocycles. The van der Waals surface area contributed by atoms with Crippen LogP contribution in [-0.4, -0.2) is 19.4 Å². The van der Waals surface area contributed by atoms with Gasteiger partial charge in [0.15, 0.2) is 0 Å². The van der Waals surface area contributed by atoms with E-state index in [0.717, 1.165) is 34.9 Å². The third-order valence-corrected chi connectivity index (χ3v) is 4.66. The van der Waals surface area contributed by atoms with Crippen molar-refractivity contribution in [2.45, 2.75) is 46.2 Å². The van der Waals surface area contributed by atoms with Crippen molar-refractivity contribution in [2.75, 3.05) is 0 Å². The number of hydrazine groups is 1. The normalized spacial score (nSPS) is 12.8. The molecule has 110 valence electrons. The minimum absolute atomic E-state index is 0.0520. The number of aryl methyl sites for hydroxylation is 3. The molecule has 0 aliphatic rings. The highest BCUT2D eigenvalue weighted by Crippen LogP contribution is 2.28. The first-order chi connectivity index (χ1) is 9.62. The summed E-state index contributed by atoms with van der Waals surface area (Å²) in [7, 11) is 0. The molecule has 0 fully saturated rings. The molecule has 0 radical (unpaired) electrons. The lowest BCUT2D eigenvalue weighted by Crippen LogP contribution is -2.30. The fraction of sp³-hybridized carbons (Fsp3) is 0.583. The maximum atomic E-state index is 6.35. The topological polar surface area (TPSA) is 81.7 Å². The number of nitrogens with one attached hydrogen (secondary N) is 1. The Bertz CT molecular complexity index is 579. The lowest BCUT2D eigenvalue weighted by molar-refractivity contribution is 0.519. The second-order valence-corrected chi connectivity index (χ2v) is 5.69. The zero-order valence-corrected chi connectivity index (χ0v) is 13.4. The molecular weight excluding hydrogens is 296 g/mol. The number of rotatable bonds is 6. The number of hydrogen-bond donors (Lipinski definition) is 2. The molecule has 8 heteroatoms. The molecule has 1 unspecified atom stereocenters. The molecular formula is C12H19ClN6S. The van der Waals surface area contributed by atoms with Crippen LogP contribution in [0.2, 0.25) is 5.02 Å². The molecule has 6 nitrogen and oxygen atoms in total. The Morgan fingerprint density at radius 3 is 2.80 bits per heavy atom. The van der Waals surface area contributed by atoms with Gasteiger partial charge >= 0.3 is 0 Å². The predicted octanol–water partition coefficient (Wildman–Crippen LogP) is 2.03. The average molecular weight is 315 g/mol. The summed E-state index contributed by atoms with van der Waals surface area (Å²) in [4.78, 5) is 1.06. The van der Waals surface area contributed by atoms with Gasteiger partial charge in [0, 0.05) is 13.0 Å². The largest absolute Gasteiger partial charge is 0.271 e. The fourth-order valence-corrected chi connectivity index (χ4v) is 3.22. The Balaban J connectivity index is 2.31. The van der Waals surface area contributed by atoms with E-state index in [4.69, 9.17) is 17.4 Å². The summed E-state index contributed by atoms with van der Waals surface area (Å²) in [6.45, 7) is 6.79. The number of nitrogens with two attached hydrogens (primary N) is 1. The highest BCUT2D eigenvalue weighted by molar-refractivity contribution is 7.05. The van der Waals surface area contributed by atoms with Gasteiger partial charge in [-0.2, -0.15) is 5.10 Å². The van der Waals surface area contributed by atoms with E-state index >= 15 is 0 Å². The molecule has 0 bridgehead atoms. The monoisotopic (exact) mass is 314 g/mol. The second-order valence-electron chi connectivity index (χ2n) is 4.52. The predicted molar refractivity (Wildman–Crippen MR) is 80.7 cm³/mol. The number of aromatic nitrogens is 4. The minimum Gasteiger partial charge on any atom is -0.271 e. The summed E-state index contributed by atoms with van der Waals surface area (Å²) in [6.07, 6.45) is 1.50. The van der Waals surface area contributed by atoms with Crippen LogP contribution in [0.5, 0.6) is 0 Å². The lowest BCUT2D eigenvalue weighted by atomic mass is 10.1. The van der Waals surface area contributed by atoms with Gasteiger partial charge in [-0.15, -0.1) is 5.10 Å². The first kappa shape index (κ1) is 15.4. The average Bonchev–Trinajstić information content (AvgIpc) is 3.03. The van der Waals surface area contributed by atoms with Crippen molar-refractivity contribution in [1.29, 1.82) is 0 Å². The van der Waals surface area contributed by atoms with Crippen molar-refractivity contribution >= 4 is 23.1 Å². The molecule has 0 spiro atoms. The molecule has 0 aromatic carbocycles. The van der Waals surface area contributed by atoms with E-state index in [-0.39, 0.29) is 6.04 Å². The third kappa shape index (κ3) is 2.85. The second kappa shape index (κ2) is 6.62. The van der Waals surface area contributed by atoms with Crippen LogP contribution < -0.4 is 11.3 Å². The summed E-state index contributed by atoms with van der Waals surface area (Å²) in [5, 5.41) is 9.27. The zero-order chi connectivity index (χ0) is 14.7. The smallest absolute Gasteiger partial charge is 0.0847 e. The van der Waals surface area contributed by atoms with Crippen molar-refractivity contribution in [2.24, 2.45) is 5.84 Å². The number of nitrogens with zero attached hydrogens (tertiary/aromatic N) is 4. The molecule has 2 aromatic rings. The third-order valence-electron chi connectivity index (χ3n) is 3.29. The van der Waals surface area contributed by atoms with E-state index in [0.29, 0.717) is 11.4 Å². The van der Waals surface area contributed by atoms with E-state index in [1.807, 2.05) is 18.5 Å². The number of halogens is 1. The number of hydrogen-bond acceptors (Lipinski definition) is 6. The maximum Gasteiger partial charge on any atom is 0.0847 e. The van der Waals surface area contributed by atoms with Gasteiger partial charge in [0.25, 0.3) is 0 Å². The van der Waals surface area contributed by atoms with Crippen LogP contribution in [0, 0.1) is 6.92 Å². The Morgan fingerprint density at radius 1 is 1.45 bits per heavy atom. The summed E-state index contributed by atoms with van der Waals surface area (Å²) in [5.74, 6) is 5.71. The van der Waals surface area contributed by atoms with Crippen LogP contribution >= 0.6 is 23.1 Å². The van der Waals surface area contributed by atoms with Crippen LogP contribution in [0.4, 0.5) is 0 Å². The molecule has 0 aliphatic heterocycles. The Hall–Kier alpha value is -1.02. The molecule has 0 saturated heterocycles. The maximum absolute atomic E-state index is 6.35. The Morgan fingerprint density at radius 2 is 2.20 bits per heavy atom. The summed E-state index contributed by atoms with van der Waals surface area (Å²) < 4.78 is 5.93. The van der Waals surface area contributed by atoms with Gasteiger partial charge in [-0.1, -0.05) is 23.0 Å². The van der Waals surface area contributed by atoms with Crippen LogP contribution in [0.1, 0.15) is 41.8 Å². The highest BCUT2D eigenvalue weighted by atomic mass is 35.5. The van der Waals surface area contributed by atoms with Gasteiger partial charge in [0.05, 0.1) is 33.0 Å². The van der Waals surface area contributed by atoms with Gasteiger partial charge in [0.2, 0.25) is 0 Å². The SMILES string of the molecule is CCc1nnsc1C(Cc1c(Cl)c(C)nn1CC)NN. The van der Waals surface area contributed by atoms with Gasteiger partial charge in [-0.05, 0) is 31.8 Å². The van der Waals surface area contributed by atoms with Gasteiger partial charge in [0.1, 0.15) is 0 Å². The summed E-state index contributed by atoms with van der Waals surface area (Å²) >= 11 is 7.72. The minimum atomic E-state index is -0.0520. The van der Waals surface area contributed by atoms with Crippen LogP contribution in [0.3, 0.4) is 0 Å². The first-order valence-corrected chi connectivity index (χ1v) is 7.76. The summed E-state index contributed by atoms with van der Waals surface area (Å²) in [6, 6.07) is -0.0520. The highest BCUT2D eigenvalue weighted by Gasteiger charge is 2.22. The Labute approximate surface area is 127 Å². The van der Waals surface area contributed by atoms with Crippen LogP contribution in [0.25, 0.3) is 0 Å². The lowest BCUT2D eigenvalue weighted by Gasteiger charge is -2.15. The summed E-state index contributed by atoms with van der Waals surface area (Å²) in [5.41, 5.74) is 5.66. The standard InChI is InChI=1S/C12H19ClN6S/c1-4-8-12(20-18-16-8)9(15-14)6-10-11(13)7(3)17-19(10)5-2/h9,15H,4-6,14H2,1-3H3. The van der Waals surface area contributed by atoms with E-state index in [9.17, 15) is 0 Å². The van der Waals surface area contributed by atoms with Crippen LogP contribution in [0.15, 0.2) is 0 Å². The van der Waals surface area contributed by atoms with Gasteiger partial charge in [-0.3, -0.25) is 16.0 Å². The molecule has 0 amide bonds. The van der Waals surface area contributed by atoms with Crippen LogP contribution in [-0.2, 0) is 19.4 Å². The molecule has 1 atom stereocenters. The van der Waals surface area contributed by atoms with Crippen molar-refractivity contribution in [3.63, 3.8) is 0 Å². The molecule has 0 saturated carbocycles. The van der Waals surface area contributed by atoms with Crippen molar-refractivity contribution in [3.8, 4) is 0 Å². The van der Waals surface area contributed by atoms with E-state index in [1.165, 1.54) is 11.5 Å². The van der Waals surface area contributed by atoms with Gasteiger partial charge < -0.3 is 0 Å². The Kier molecular flexibility index (Phi) is 5.09. The van der Waals surface area contributed by atoms with Crippen molar-refractivity contribution in [1.82, 2.24) is 24.8 Å². The first-order valence-electron chi connectivity index (χ1n) is 6.61. The van der Waals surface area contributed by atoms with Crippen molar-refractivity contribution < 1.29 is 0 Å². The molecule has 20 heavy (non-hydrogen) atoms. The van der Waals surface area contributed by atoms with E-state index in [2.05, 4.69) is 27.0 Å². The quantitative estimate of drug-likeness (QED) is 0.630. The fourth-order valence-electron chi connectivity index (χ4n) is 2.21. The van der Waals surface area contributed by atoms with Gasteiger partial charge in [-0.25, -0.2) is 0 Å². The molecule has 2 aromatic heterocycles. The molecule has 3 N–H and O–H groups in total.